The Labute approximate surface area is 175 Å². The fourth-order valence-electron chi connectivity index (χ4n) is 4.26. The third-order valence-electron chi connectivity index (χ3n) is 5.80. The molecule has 0 spiro atoms. The van der Waals surface area contributed by atoms with E-state index < -0.39 is 0 Å². The zero-order chi connectivity index (χ0) is 20.5. The molecule has 2 aromatic heterocycles. The van der Waals surface area contributed by atoms with Gasteiger partial charge in [-0.2, -0.15) is 0 Å². The lowest BCUT2D eigenvalue weighted by molar-refractivity contribution is -0.122. The van der Waals surface area contributed by atoms with Gasteiger partial charge in [-0.25, -0.2) is 4.98 Å². The zero-order valence-corrected chi connectivity index (χ0v) is 18.3. The van der Waals surface area contributed by atoms with E-state index in [-0.39, 0.29) is 24.1 Å². The summed E-state index contributed by atoms with van der Waals surface area (Å²) in [4.78, 5) is 35.0. The molecule has 0 bridgehead atoms. The van der Waals surface area contributed by atoms with E-state index in [1.165, 1.54) is 4.88 Å². The molecule has 1 fully saturated rings. The van der Waals surface area contributed by atoms with Gasteiger partial charge < -0.3 is 15.0 Å². The second-order valence-corrected chi connectivity index (χ2v) is 9.71. The average molecular weight is 419 g/mol. The highest BCUT2D eigenvalue weighted by molar-refractivity contribution is 7.18. The van der Waals surface area contributed by atoms with Crippen LogP contribution in [0.2, 0.25) is 0 Å². The van der Waals surface area contributed by atoms with Crippen molar-refractivity contribution in [3.63, 3.8) is 0 Å². The van der Waals surface area contributed by atoms with Crippen LogP contribution in [0.15, 0.2) is 4.79 Å². The van der Waals surface area contributed by atoms with Crippen LogP contribution >= 0.6 is 11.3 Å². The zero-order valence-electron chi connectivity index (χ0n) is 17.5. The molecular formula is C21H30N4O3S. The fraction of sp³-hybridized carbons (Fsp3) is 0.667. The molecule has 3 heterocycles. The van der Waals surface area contributed by atoms with Crippen LogP contribution in [0.5, 0.6) is 0 Å². The minimum Gasteiger partial charge on any atom is -0.376 e. The number of aromatic nitrogens is 2. The van der Waals surface area contributed by atoms with Gasteiger partial charge in [0.15, 0.2) is 0 Å². The van der Waals surface area contributed by atoms with Gasteiger partial charge in [0.1, 0.15) is 17.2 Å². The Hall–Kier alpha value is -1.77. The number of carbonyl (C=O) groups is 1. The Morgan fingerprint density at radius 3 is 2.93 bits per heavy atom. The number of thiophene rings is 1. The normalized spacial score (nSPS) is 21.7. The molecular weight excluding hydrogens is 388 g/mol. The summed E-state index contributed by atoms with van der Waals surface area (Å²) >= 11 is 1.65. The van der Waals surface area contributed by atoms with Crippen molar-refractivity contribution in [3.8, 4) is 0 Å². The Kier molecular flexibility index (Phi) is 6.03. The van der Waals surface area contributed by atoms with Gasteiger partial charge in [0.25, 0.3) is 5.56 Å². The number of hydrogen-bond donors (Lipinski definition) is 1. The topological polar surface area (TPSA) is 76.5 Å². The number of hydrogen-bond acceptors (Lipinski definition) is 6. The lowest BCUT2D eigenvalue weighted by atomic mass is 9.89. The first-order valence-corrected chi connectivity index (χ1v) is 11.3. The molecule has 0 radical (unpaired) electrons. The van der Waals surface area contributed by atoms with E-state index in [0.717, 1.165) is 54.5 Å². The minimum absolute atomic E-state index is 0.00130. The maximum atomic E-state index is 13.4. The second kappa shape index (κ2) is 8.53. The maximum Gasteiger partial charge on any atom is 0.263 e. The molecule has 1 N–H and O–H groups in total. The number of carbonyl (C=O) groups excluding carboxylic acids is 1. The minimum atomic E-state index is -0.165. The molecule has 1 saturated heterocycles. The van der Waals surface area contributed by atoms with Crippen LogP contribution in [0.1, 0.15) is 42.5 Å². The molecule has 0 aromatic carbocycles. The van der Waals surface area contributed by atoms with Crippen molar-refractivity contribution in [1.82, 2.24) is 19.8 Å². The van der Waals surface area contributed by atoms with Crippen molar-refractivity contribution in [2.75, 3.05) is 27.2 Å². The second-order valence-electron chi connectivity index (χ2n) is 8.63. The molecule has 0 saturated carbocycles. The van der Waals surface area contributed by atoms with E-state index in [1.807, 2.05) is 19.0 Å². The Balaban J connectivity index is 1.65. The largest absolute Gasteiger partial charge is 0.376 e. The Morgan fingerprint density at radius 1 is 1.38 bits per heavy atom. The molecule has 8 heteroatoms. The van der Waals surface area contributed by atoms with Crippen molar-refractivity contribution >= 4 is 27.5 Å². The van der Waals surface area contributed by atoms with E-state index >= 15 is 0 Å². The highest BCUT2D eigenvalue weighted by atomic mass is 32.1. The Bertz CT molecular complexity index is 959. The molecule has 1 aliphatic heterocycles. The van der Waals surface area contributed by atoms with Crippen molar-refractivity contribution < 1.29 is 9.53 Å². The summed E-state index contributed by atoms with van der Waals surface area (Å²) < 4.78 is 7.14. The molecule has 2 atom stereocenters. The SMILES string of the molecule is CC1CCc2c(sc3nc(CN(C)C)n(CC(=O)NCC4CCCO4)c(=O)c23)C1. The fourth-order valence-corrected chi connectivity index (χ4v) is 5.66. The van der Waals surface area contributed by atoms with Crippen LogP contribution in [-0.4, -0.2) is 53.7 Å². The number of rotatable bonds is 6. The summed E-state index contributed by atoms with van der Waals surface area (Å²) in [5.74, 6) is 1.12. The number of aryl methyl sites for hydroxylation is 1. The smallest absolute Gasteiger partial charge is 0.263 e. The van der Waals surface area contributed by atoms with E-state index in [2.05, 4.69) is 12.2 Å². The van der Waals surface area contributed by atoms with Crippen LogP contribution in [0.3, 0.4) is 0 Å². The number of amides is 1. The van der Waals surface area contributed by atoms with Gasteiger partial charge in [-0.15, -0.1) is 11.3 Å². The summed E-state index contributed by atoms with van der Waals surface area (Å²) in [6, 6.07) is 0. The monoisotopic (exact) mass is 418 g/mol. The molecule has 2 aliphatic rings. The van der Waals surface area contributed by atoms with Gasteiger partial charge in [-0.05, 0) is 57.7 Å². The van der Waals surface area contributed by atoms with Gasteiger partial charge in [-0.1, -0.05) is 6.92 Å². The van der Waals surface area contributed by atoms with Crippen LogP contribution in [0.25, 0.3) is 10.2 Å². The van der Waals surface area contributed by atoms with Crippen LogP contribution in [0.4, 0.5) is 0 Å². The first-order chi connectivity index (χ1) is 13.9. The third-order valence-corrected chi connectivity index (χ3v) is 6.95. The van der Waals surface area contributed by atoms with Gasteiger partial charge in [-0.3, -0.25) is 14.2 Å². The molecule has 2 unspecified atom stereocenters. The average Bonchev–Trinajstić information content (AvgIpc) is 3.29. The first kappa shape index (κ1) is 20.5. The predicted octanol–water partition coefficient (Wildman–Crippen LogP) is 1.94. The standard InChI is InChI=1S/C21H30N4O3S/c1-13-6-7-15-16(9-13)29-20-19(15)21(27)25(17(23-20)11-24(2)3)12-18(26)22-10-14-5-4-8-28-14/h13-14H,4-12H2,1-3H3,(H,22,26). The van der Waals surface area contributed by atoms with Gasteiger partial charge in [0, 0.05) is 18.0 Å². The van der Waals surface area contributed by atoms with Crippen LogP contribution < -0.4 is 10.9 Å². The summed E-state index contributed by atoms with van der Waals surface area (Å²) in [6.07, 6.45) is 5.13. The van der Waals surface area contributed by atoms with E-state index in [4.69, 9.17) is 9.72 Å². The number of nitrogens with one attached hydrogen (secondary N) is 1. The number of nitrogens with zero attached hydrogens (tertiary/aromatic N) is 3. The molecule has 2 aromatic rings. The van der Waals surface area contributed by atoms with Gasteiger partial charge in [0.05, 0.1) is 18.0 Å². The summed E-state index contributed by atoms with van der Waals surface area (Å²) in [5, 5.41) is 3.66. The molecule has 1 amide bonds. The summed E-state index contributed by atoms with van der Waals surface area (Å²) in [7, 11) is 3.89. The number of ether oxygens (including phenoxy) is 1. The van der Waals surface area contributed by atoms with E-state index in [1.54, 1.807) is 15.9 Å². The highest BCUT2D eigenvalue weighted by Gasteiger charge is 2.25. The highest BCUT2D eigenvalue weighted by Crippen LogP contribution is 2.35. The lowest BCUT2D eigenvalue weighted by Crippen LogP contribution is -2.38. The van der Waals surface area contributed by atoms with E-state index in [0.29, 0.717) is 24.8 Å². The summed E-state index contributed by atoms with van der Waals surface area (Å²) in [5.41, 5.74) is 1.08. The molecule has 1 aliphatic carbocycles. The van der Waals surface area contributed by atoms with Gasteiger partial charge >= 0.3 is 0 Å². The van der Waals surface area contributed by atoms with Crippen LogP contribution in [0, 0.1) is 5.92 Å². The predicted molar refractivity (Wildman–Crippen MR) is 114 cm³/mol. The van der Waals surface area contributed by atoms with Crippen molar-refractivity contribution in [2.45, 2.75) is 58.2 Å². The van der Waals surface area contributed by atoms with E-state index in [9.17, 15) is 9.59 Å². The van der Waals surface area contributed by atoms with Gasteiger partial charge in [0.2, 0.25) is 5.91 Å². The Morgan fingerprint density at radius 2 is 2.21 bits per heavy atom. The van der Waals surface area contributed by atoms with Crippen molar-refractivity contribution in [2.24, 2.45) is 5.92 Å². The molecule has 29 heavy (non-hydrogen) atoms. The van der Waals surface area contributed by atoms with Crippen LogP contribution in [-0.2, 0) is 35.5 Å². The first-order valence-electron chi connectivity index (χ1n) is 10.5. The van der Waals surface area contributed by atoms with Crippen molar-refractivity contribution in [3.05, 3.63) is 26.6 Å². The molecule has 7 nitrogen and oxygen atoms in total. The quantitative estimate of drug-likeness (QED) is 0.776. The maximum absolute atomic E-state index is 13.4. The van der Waals surface area contributed by atoms with Crippen molar-refractivity contribution in [1.29, 1.82) is 0 Å². The summed E-state index contributed by atoms with van der Waals surface area (Å²) in [6.45, 7) is 4.03. The number of fused-ring (bicyclic) bond motifs is 3. The lowest BCUT2D eigenvalue weighted by Gasteiger charge is -2.18. The molecule has 4 rings (SSSR count). The third kappa shape index (κ3) is 4.39. The molecule has 158 valence electrons.